The summed E-state index contributed by atoms with van der Waals surface area (Å²) in [4.78, 5) is 29.6. The summed E-state index contributed by atoms with van der Waals surface area (Å²) in [7, 11) is 0. The second-order valence-electron chi connectivity index (χ2n) is 9.82. The second-order valence-corrected chi connectivity index (χ2v) is 9.82. The van der Waals surface area contributed by atoms with Crippen LogP contribution in [0.15, 0.2) is 18.3 Å². The molecule has 2 fully saturated rings. The lowest BCUT2D eigenvalue weighted by molar-refractivity contribution is -0.127. The summed E-state index contributed by atoms with van der Waals surface area (Å²) in [5.41, 5.74) is 4.10. The van der Waals surface area contributed by atoms with E-state index in [2.05, 4.69) is 18.2 Å². The first-order valence-electron chi connectivity index (χ1n) is 12.4. The zero-order valence-electron chi connectivity index (χ0n) is 18.4. The maximum Gasteiger partial charge on any atom is 0.136 e. The van der Waals surface area contributed by atoms with Crippen LogP contribution in [-0.4, -0.2) is 16.6 Å². The number of pyridine rings is 1. The number of ketones is 2. The normalized spacial score (nSPS) is 24.4. The minimum Gasteiger partial charge on any atom is -0.300 e. The van der Waals surface area contributed by atoms with Gasteiger partial charge >= 0.3 is 0 Å². The molecule has 3 heteroatoms. The van der Waals surface area contributed by atoms with Gasteiger partial charge in [0.15, 0.2) is 0 Å². The monoisotopic (exact) mass is 407 g/mol. The van der Waals surface area contributed by atoms with E-state index < -0.39 is 0 Å². The fourth-order valence-corrected chi connectivity index (χ4v) is 5.89. The second kappa shape index (κ2) is 10.5. The molecule has 0 radical (unpaired) electrons. The predicted molar refractivity (Wildman–Crippen MR) is 121 cm³/mol. The number of hydrogen-bond acceptors (Lipinski definition) is 3. The van der Waals surface area contributed by atoms with E-state index in [0.717, 1.165) is 38.5 Å². The summed E-state index contributed by atoms with van der Waals surface area (Å²) < 4.78 is 0. The Balaban J connectivity index is 1.24. The SMILES string of the molecule is O=C(CCC(=O)C1CCCCC1)CCC1CCCC(c2nccc3c2C=CCC3)C1. The van der Waals surface area contributed by atoms with Gasteiger partial charge in [-0.25, -0.2) is 0 Å². The van der Waals surface area contributed by atoms with E-state index in [1.165, 1.54) is 55.3 Å². The Morgan fingerprint density at radius 1 is 0.967 bits per heavy atom. The number of rotatable bonds is 8. The van der Waals surface area contributed by atoms with Gasteiger partial charge in [-0.3, -0.25) is 14.6 Å². The van der Waals surface area contributed by atoms with Gasteiger partial charge in [0, 0.05) is 37.3 Å². The minimum atomic E-state index is 0.240. The smallest absolute Gasteiger partial charge is 0.136 e. The first-order valence-corrected chi connectivity index (χ1v) is 12.4. The van der Waals surface area contributed by atoms with Gasteiger partial charge in [-0.05, 0) is 68.1 Å². The van der Waals surface area contributed by atoms with Crippen LogP contribution >= 0.6 is 0 Å². The van der Waals surface area contributed by atoms with E-state index >= 15 is 0 Å². The Morgan fingerprint density at radius 3 is 2.70 bits per heavy atom. The molecule has 0 aromatic carbocycles. The van der Waals surface area contributed by atoms with Crippen LogP contribution in [0.4, 0.5) is 0 Å². The number of allylic oxidation sites excluding steroid dienone is 1. The Kier molecular flexibility index (Phi) is 7.52. The van der Waals surface area contributed by atoms with Gasteiger partial charge in [0.2, 0.25) is 0 Å². The Labute approximate surface area is 181 Å². The number of hydrogen-bond donors (Lipinski definition) is 0. The first-order chi connectivity index (χ1) is 14.7. The van der Waals surface area contributed by atoms with Crippen LogP contribution in [0.5, 0.6) is 0 Å². The molecule has 4 rings (SSSR count). The van der Waals surface area contributed by atoms with Gasteiger partial charge in [-0.2, -0.15) is 0 Å². The molecule has 0 aliphatic heterocycles. The van der Waals surface area contributed by atoms with Crippen molar-refractivity contribution in [2.75, 3.05) is 0 Å². The zero-order chi connectivity index (χ0) is 20.8. The van der Waals surface area contributed by atoms with Gasteiger partial charge in [0.1, 0.15) is 11.6 Å². The minimum absolute atomic E-state index is 0.240. The maximum absolute atomic E-state index is 12.4. The molecule has 1 aromatic rings. The molecular formula is C27H37NO2. The molecule has 3 nitrogen and oxygen atoms in total. The summed E-state index contributed by atoms with van der Waals surface area (Å²) in [6.45, 7) is 0. The van der Waals surface area contributed by atoms with Gasteiger partial charge in [0.25, 0.3) is 0 Å². The van der Waals surface area contributed by atoms with Crippen LogP contribution in [0.25, 0.3) is 6.08 Å². The Bertz CT molecular complexity index is 775. The van der Waals surface area contributed by atoms with Crippen molar-refractivity contribution < 1.29 is 9.59 Å². The molecule has 0 saturated heterocycles. The fraction of sp³-hybridized carbons (Fsp3) is 0.667. The molecule has 0 bridgehead atoms. The molecule has 2 unspecified atom stereocenters. The van der Waals surface area contributed by atoms with E-state index in [1.807, 2.05) is 6.20 Å². The van der Waals surface area contributed by atoms with Crippen LogP contribution < -0.4 is 0 Å². The van der Waals surface area contributed by atoms with Gasteiger partial charge in [-0.1, -0.05) is 44.3 Å². The average molecular weight is 408 g/mol. The van der Waals surface area contributed by atoms with Crippen molar-refractivity contribution in [3.63, 3.8) is 0 Å². The van der Waals surface area contributed by atoms with E-state index in [1.54, 1.807) is 0 Å². The summed E-state index contributed by atoms with van der Waals surface area (Å²) in [5.74, 6) is 2.02. The van der Waals surface area contributed by atoms with Gasteiger partial charge in [0.05, 0.1) is 5.69 Å². The van der Waals surface area contributed by atoms with Crippen LogP contribution in [0.1, 0.15) is 113 Å². The molecule has 3 aliphatic carbocycles. The van der Waals surface area contributed by atoms with Crippen molar-refractivity contribution in [3.05, 3.63) is 35.2 Å². The third-order valence-electron chi connectivity index (χ3n) is 7.69. The number of nitrogens with zero attached hydrogens (tertiary/aromatic N) is 1. The molecule has 30 heavy (non-hydrogen) atoms. The van der Waals surface area contributed by atoms with Crippen molar-refractivity contribution in [2.24, 2.45) is 11.8 Å². The first kappa shape index (κ1) is 21.5. The number of fused-ring (bicyclic) bond motifs is 1. The molecule has 162 valence electrons. The van der Waals surface area contributed by atoms with E-state index in [0.29, 0.717) is 42.7 Å². The van der Waals surface area contributed by atoms with Gasteiger partial charge < -0.3 is 0 Å². The molecule has 3 aliphatic rings. The Hall–Kier alpha value is -1.77. The average Bonchev–Trinajstić information content (AvgIpc) is 2.81. The highest BCUT2D eigenvalue weighted by molar-refractivity contribution is 5.87. The molecule has 0 amide bonds. The number of aromatic nitrogens is 1. The van der Waals surface area contributed by atoms with E-state index in [4.69, 9.17) is 4.98 Å². The van der Waals surface area contributed by atoms with Crippen molar-refractivity contribution in [1.82, 2.24) is 4.98 Å². The largest absolute Gasteiger partial charge is 0.300 e. The summed E-state index contributed by atoms with van der Waals surface area (Å²) in [5, 5.41) is 0. The molecular weight excluding hydrogens is 370 g/mol. The molecule has 1 aromatic heterocycles. The molecule has 1 heterocycles. The molecule has 2 saturated carbocycles. The summed E-state index contributed by atoms with van der Waals surface area (Å²) in [6.07, 6.45) is 21.9. The standard InChI is InChI=1S/C27H37NO2/c29-24(15-16-26(30)22-9-2-1-3-10-22)14-13-20-7-6-11-23(19-20)27-25-12-5-4-8-21(25)17-18-28-27/h5,12,17-18,20,22-23H,1-4,6-11,13-16,19H2. The fourth-order valence-electron chi connectivity index (χ4n) is 5.89. The summed E-state index contributed by atoms with van der Waals surface area (Å²) in [6, 6.07) is 2.18. The number of Topliss-reactive ketones (excluding diaryl/α,β-unsaturated/α-hetero) is 2. The lowest BCUT2D eigenvalue weighted by Gasteiger charge is -2.30. The van der Waals surface area contributed by atoms with Crippen molar-refractivity contribution >= 4 is 17.6 Å². The van der Waals surface area contributed by atoms with E-state index in [9.17, 15) is 9.59 Å². The van der Waals surface area contributed by atoms with Crippen molar-refractivity contribution in [2.45, 2.75) is 102 Å². The molecule has 0 spiro atoms. The highest BCUT2D eigenvalue weighted by Gasteiger charge is 2.27. The molecule has 0 N–H and O–H groups in total. The third kappa shape index (κ3) is 5.47. The quantitative estimate of drug-likeness (QED) is 0.488. The topological polar surface area (TPSA) is 47.0 Å². The molecule has 2 atom stereocenters. The van der Waals surface area contributed by atoms with Crippen LogP contribution in [0.3, 0.4) is 0 Å². The van der Waals surface area contributed by atoms with Crippen molar-refractivity contribution in [3.8, 4) is 0 Å². The number of aryl methyl sites for hydroxylation is 1. The van der Waals surface area contributed by atoms with E-state index in [-0.39, 0.29) is 5.92 Å². The van der Waals surface area contributed by atoms with Crippen LogP contribution in [0.2, 0.25) is 0 Å². The zero-order valence-corrected chi connectivity index (χ0v) is 18.4. The highest BCUT2D eigenvalue weighted by atomic mass is 16.1. The highest BCUT2D eigenvalue weighted by Crippen LogP contribution is 2.40. The number of carbonyl (C=O) groups excluding carboxylic acids is 2. The maximum atomic E-state index is 12.4. The van der Waals surface area contributed by atoms with Crippen LogP contribution in [0, 0.1) is 11.8 Å². The van der Waals surface area contributed by atoms with Gasteiger partial charge in [-0.15, -0.1) is 0 Å². The Morgan fingerprint density at radius 2 is 1.83 bits per heavy atom. The number of carbonyl (C=O) groups is 2. The van der Waals surface area contributed by atoms with Crippen molar-refractivity contribution in [1.29, 1.82) is 0 Å². The lowest BCUT2D eigenvalue weighted by Crippen LogP contribution is -2.19. The lowest BCUT2D eigenvalue weighted by atomic mass is 9.76. The van der Waals surface area contributed by atoms with Crippen LogP contribution in [-0.2, 0) is 16.0 Å². The third-order valence-corrected chi connectivity index (χ3v) is 7.69. The predicted octanol–water partition coefficient (Wildman–Crippen LogP) is 6.59. The summed E-state index contributed by atoms with van der Waals surface area (Å²) >= 11 is 0.